The minimum absolute atomic E-state index is 0.0952. The van der Waals surface area contributed by atoms with Crippen molar-refractivity contribution in [3.05, 3.63) is 35.9 Å². The molecule has 0 heterocycles. The summed E-state index contributed by atoms with van der Waals surface area (Å²) < 4.78 is 0. The van der Waals surface area contributed by atoms with E-state index >= 15 is 0 Å². The van der Waals surface area contributed by atoms with E-state index in [4.69, 9.17) is 0 Å². The van der Waals surface area contributed by atoms with Crippen LogP contribution in [0, 0.1) is 0 Å². The highest BCUT2D eigenvalue weighted by Crippen LogP contribution is 2.14. The minimum atomic E-state index is -0.941. The van der Waals surface area contributed by atoms with Gasteiger partial charge in [-0.3, -0.25) is 9.59 Å². The molecule has 104 valence electrons. The molecule has 1 atom stereocenters. The smallest absolute Gasteiger partial charge is 0.312 e. The number of benzene rings is 1. The van der Waals surface area contributed by atoms with Gasteiger partial charge >= 0.3 is 5.97 Å². The molecule has 3 N–H and O–H groups in total. The fourth-order valence-corrected chi connectivity index (χ4v) is 1.61. The van der Waals surface area contributed by atoms with Crippen molar-refractivity contribution >= 4 is 11.9 Å². The summed E-state index contributed by atoms with van der Waals surface area (Å²) in [5.74, 6) is -1.86. The van der Waals surface area contributed by atoms with E-state index in [9.17, 15) is 14.7 Å². The Morgan fingerprint density at radius 2 is 1.84 bits per heavy atom. The van der Waals surface area contributed by atoms with E-state index in [1.165, 1.54) is 0 Å². The number of carboxylic acid groups (broad SMARTS) is 1. The van der Waals surface area contributed by atoms with Crippen molar-refractivity contribution in [3.8, 4) is 0 Å². The number of rotatable bonds is 7. The van der Waals surface area contributed by atoms with E-state index in [1.807, 2.05) is 19.9 Å². The maximum absolute atomic E-state index is 11.5. The molecule has 1 aromatic carbocycles. The molecule has 0 radical (unpaired) electrons. The van der Waals surface area contributed by atoms with Gasteiger partial charge in [0.05, 0.1) is 12.5 Å². The van der Waals surface area contributed by atoms with Crippen LogP contribution in [0.4, 0.5) is 0 Å². The molecule has 0 aromatic heterocycles. The highest BCUT2D eigenvalue weighted by Gasteiger charge is 2.20. The van der Waals surface area contributed by atoms with Crippen LogP contribution in [0.5, 0.6) is 0 Å². The third-order valence-corrected chi connectivity index (χ3v) is 2.67. The normalized spacial score (nSPS) is 12.2. The number of nitrogens with one attached hydrogen (secondary N) is 2. The summed E-state index contributed by atoms with van der Waals surface area (Å²) in [6.45, 7) is 4.17. The molecule has 0 bridgehead atoms. The monoisotopic (exact) mass is 264 g/mol. The summed E-state index contributed by atoms with van der Waals surface area (Å²) in [6, 6.07) is 9.11. The summed E-state index contributed by atoms with van der Waals surface area (Å²) >= 11 is 0. The Kier molecular flexibility index (Phi) is 6.02. The van der Waals surface area contributed by atoms with E-state index in [0.29, 0.717) is 5.56 Å². The molecule has 0 saturated heterocycles. The van der Waals surface area contributed by atoms with Gasteiger partial charge < -0.3 is 15.7 Å². The van der Waals surface area contributed by atoms with Crippen molar-refractivity contribution in [2.45, 2.75) is 25.8 Å². The lowest BCUT2D eigenvalue weighted by Gasteiger charge is -2.14. The van der Waals surface area contributed by atoms with Crippen LogP contribution in [0.25, 0.3) is 0 Å². The first kappa shape index (κ1) is 15.2. The molecule has 0 spiro atoms. The van der Waals surface area contributed by atoms with Crippen LogP contribution in [-0.4, -0.2) is 36.1 Å². The quantitative estimate of drug-likeness (QED) is 0.685. The van der Waals surface area contributed by atoms with Crippen molar-refractivity contribution in [3.63, 3.8) is 0 Å². The molecule has 1 amide bonds. The van der Waals surface area contributed by atoms with Crippen LogP contribution in [0.2, 0.25) is 0 Å². The molecule has 5 heteroatoms. The van der Waals surface area contributed by atoms with Gasteiger partial charge in [-0.05, 0) is 5.56 Å². The Balaban J connectivity index is 2.52. The van der Waals surface area contributed by atoms with E-state index in [1.54, 1.807) is 24.3 Å². The van der Waals surface area contributed by atoms with Crippen molar-refractivity contribution in [2.24, 2.45) is 0 Å². The second-order valence-electron chi connectivity index (χ2n) is 4.64. The van der Waals surface area contributed by atoms with Gasteiger partial charge in [0.15, 0.2) is 0 Å². The zero-order valence-electron chi connectivity index (χ0n) is 11.2. The van der Waals surface area contributed by atoms with Crippen molar-refractivity contribution < 1.29 is 14.7 Å². The Labute approximate surface area is 113 Å². The van der Waals surface area contributed by atoms with Crippen LogP contribution < -0.4 is 10.6 Å². The largest absolute Gasteiger partial charge is 0.481 e. The molecule has 1 aromatic rings. The SMILES string of the molecule is CC(C)NCC(=O)NCC(C(=O)O)c1ccccc1. The Bertz CT molecular complexity index is 418. The van der Waals surface area contributed by atoms with E-state index < -0.39 is 11.9 Å². The minimum Gasteiger partial charge on any atom is -0.481 e. The van der Waals surface area contributed by atoms with Crippen LogP contribution in [-0.2, 0) is 9.59 Å². The Morgan fingerprint density at radius 3 is 2.37 bits per heavy atom. The molecule has 0 saturated carbocycles. The van der Waals surface area contributed by atoms with Gasteiger partial charge in [0.1, 0.15) is 0 Å². The maximum Gasteiger partial charge on any atom is 0.312 e. The van der Waals surface area contributed by atoms with Crippen LogP contribution in [0.3, 0.4) is 0 Å². The van der Waals surface area contributed by atoms with Crippen LogP contribution >= 0.6 is 0 Å². The molecule has 1 unspecified atom stereocenters. The lowest BCUT2D eigenvalue weighted by atomic mass is 9.99. The summed E-state index contributed by atoms with van der Waals surface area (Å²) in [5.41, 5.74) is 0.687. The predicted octanol–water partition coefficient (Wildman–Crippen LogP) is 0.969. The fourth-order valence-electron chi connectivity index (χ4n) is 1.61. The second-order valence-corrected chi connectivity index (χ2v) is 4.64. The third-order valence-electron chi connectivity index (χ3n) is 2.67. The van der Waals surface area contributed by atoms with E-state index in [0.717, 1.165) is 0 Å². The van der Waals surface area contributed by atoms with Crippen molar-refractivity contribution in [1.29, 1.82) is 0 Å². The number of carbonyl (C=O) groups excluding carboxylic acids is 1. The molecular weight excluding hydrogens is 244 g/mol. The van der Waals surface area contributed by atoms with Crippen LogP contribution in [0.15, 0.2) is 30.3 Å². The first-order valence-corrected chi connectivity index (χ1v) is 6.28. The van der Waals surface area contributed by atoms with Crippen molar-refractivity contribution in [2.75, 3.05) is 13.1 Å². The van der Waals surface area contributed by atoms with Gasteiger partial charge in [0.25, 0.3) is 0 Å². The van der Waals surface area contributed by atoms with Gasteiger partial charge in [0, 0.05) is 12.6 Å². The second kappa shape index (κ2) is 7.53. The molecular formula is C14H20N2O3. The highest BCUT2D eigenvalue weighted by molar-refractivity contribution is 5.80. The van der Waals surface area contributed by atoms with E-state index in [2.05, 4.69) is 10.6 Å². The average molecular weight is 264 g/mol. The molecule has 19 heavy (non-hydrogen) atoms. The number of carbonyl (C=O) groups is 2. The van der Waals surface area contributed by atoms with Gasteiger partial charge in [-0.1, -0.05) is 44.2 Å². The van der Waals surface area contributed by atoms with Gasteiger partial charge in [0.2, 0.25) is 5.91 Å². The first-order valence-electron chi connectivity index (χ1n) is 6.28. The lowest BCUT2D eigenvalue weighted by molar-refractivity contribution is -0.138. The third kappa shape index (κ3) is 5.52. The van der Waals surface area contributed by atoms with Gasteiger partial charge in [-0.15, -0.1) is 0 Å². The van der Waals surface area contributed by atoms with Gasteiger partial charge in [-0.2, -0.15) is 0 Å². The molecule has 0 fully saturated rings. The standard InChI is InChI=1S/C14H20N2O3/c1-10(2)15-9-13(17)16-8-12(14(18)19)11-6-4-3-5-7-11/h3-7,10,12,15H,8-9H2,1-2H3,(H,16,17)(H,18,19). The average Bonchev–Trinajstić information content (AvgIpc) is 2.37. The highest BCUT2D eigenvalue weighted by atomic mass is 16.4. The first-order chi connectivity index (χ1) is 9.00. The van der Waals surface area contributed by atoms with Crippen LogP contribution in [0.1, 0.15) is 25.3 Å². The molecule has 0 aliphatic heterocycles. The summed E-state index contributed by atoms with van der Waals surface area (Å²) in [7, 11) is 0. The molecule has 0 aliphatic rings. The molecule has 5 nitrogen and oxygen atoms in total. The van der Waals surface area contributed by atoms with Gasteiger partial charge in [-0.25, -0.2) is 0 Å². The molecule has 0 aliphatic carbocycles. The fraction of sp³-hybridized carbons (Fsp3) is 0.429. The molecule has 1 rings (SSSR count). The van der Waals surface area contributed by atoms with E-state index in [-0.39, 0.29) is 25.0 Å². The predicted molar refractivity (Wildman–Crippen MR) is 73.0 cm³/mol. The Morgan fingerprint density at radius 1 is 1.21 bits per heavy atom. The summed E-state index contributed by atoms with van der Waals surface area (Å²) in [4.78, 5) is 22.8. The summed E-state index contributed by atoms with van der Waals surface area (Å²) in [5, 5.41) is 14.8. The number of hydrogen-bond acceptors (Lipinski definition) is 3. The number of aliphatic carboxylic acids is 1. The zero-order chi connectivity index (χ0) is 14.3. The number of amides is 1. The Hall–Kier alpha value is -1.88. The topological polar surface area (TPSA) is 78.4 Å². The number of carboxylic acids is 1. The maximum atomic E-state index is 11.5. The lowest BCUT2D eigenvalue weighted by Crippen LogP contribution is -2.39. The zero-order valence-corrected chi connectivity index (χ0v) is 11.2. The number of hydrogen-bond donors (Lipinski definition) is 3. The summed E-state index contributed by atoms with van der Waals surface area (Å²) in [6.07, 6.45) is 0. The van der Waals surface area contributed by atoms with Crippen molar-refractivity contribution in [1.82, 2.24) is 10.6 Å².